The number of alkyl halides is 3. The first kappa shape index (κ1) is 15.4. The van der Waals surface area contributed by atoms with Crippen molar-refractivity contribution in [2.24, 2.45) is 0 Å². The second-order valence-electron chi connectivity index (χ2n) is 4.40. The molecule has 0 saturated carbocycles. The van der Waals surface area contributed by atoms with Crippen LogP contribution in [0.3, 0.4) is 0 Å². The topological polar surface area (TPSA) is 54.9 Å². The maximum absolute atomic E-state index is 12.8. The molecule has 1 amide bonds. The van der Waals surface area contributed by atoms with Crippen molar-refractivity contribution in [2.75, 3.05) is 0 Å². The van der Waals surface area contributed by atoms with Gasteiger partial charge in [0.25, 0.3) is 5.91 Å². The molecule has 1 N–H and O–H groups in total. The fourth-order valence-electron chi connectivity index (χ4n) is 1.72. The number of nitrogens with one attached hydrogen (secondary N) is 1. The Labute approximate surface area is 123 Å². The van der Waals surface area contributed by atoms with Crippen LogP contribution in [-0.4, -0.2) is 15.9 Å². The summed E-state index contributed by atoms with van der Waals surface area (Å²) >= 11 is 1.38. The van der Waals surface area contributed by atoms with Crippen LogP contribution in [0.1, 0.15) is 38.9 Å². The van der Waals surface area contributed by atoms with E-state index in [0.29, 0.717) is 5.01 Å². The normalized spacial score (nSPS) is 13.0. The van der Waals surface area contributed by atoms with Crippen molar-refractivity contribution in [1.82, 2.24) is 15.3 Å². The fourth-order valence-corrected chi connectivity index (χ4v) is 2.50. The molecule has 0 aliphatic carbocycles. The van der Waals surface area contributed by atoms with E-state index in [2.05, 4.69) is 15.3 Å². The zero-order valence-electron chi connectivity index (χ0n) is 11.2. The Morgan fingerprint density at radius 1 is 1.38 bits per heavy atom. The maximum Gasteiger partial charge on any atom is 0.434 e. The third kappa shape index (κ3) is 3.57. The molecule has 1 atom stereocenters. The van der Waals surface area contributed by atoms with Gasteiger partial charge in [-0.1, -0.05) is 0 Å². The number of hydrogen-bond acceptors (Lipinski definition) is 4. The zero-order valence-corrected chi connectivity index (χ0v) is 12.0. The molecule has 0 unspecified atom stereocenters. The number of aryl methyl sites for hydroxylation is 1. The standard InChI is InChI=1S/C13H12F3N3OS/c1-7-6-18-12(21-7)8(2)19-11(20)9-4-3-5-17-10(9)13(14,15)16/h3-6,8H,1-2H3,(H,19,20)/t8-/m1/s1. The average molecular weight is 315 g/mol. The van der Waals surface area contributed by atoms with E-state index in [-0.39, 0.29) is 0 Å². The van der Waals surface area contributed by atoms with Crippen molar-refractivity contribution >= 4 is 17.2 Å². The van der Waals surface area contributed by atoms with E-state index < -0.39 is 29.4 Å². The van der Waals surface area contributed by atoms with Gasteiger partial charge in [0.05, 0.1) is 11.6 Å². The second-order valence-corrected chi connectivity index (χ2v) is 5.67. The van der Waals surface area contributed by atoms with Crippen molar-refractivity contribution in [3.63, 3.8) is 0 Å². The number of thiazole rings is 1. The van der Waals surface area contributed by atoms with Gasteiger partial charge in [-0.2, -0.15) is 13.2 Å². The number of hydrogen-bond donors (Lipinski definition) is 1. The summed E-state index contributed by atoms with van der Waals surface area (Å²) < 4.78 is 38.5. The summed E-state index contributed by atoms with van der Waals surface area (Å²) in [6.07, 6.45) is -2.02. The molecule has 0 aliphatic rings. The average Bonchev–Trinajstić information content (AvgIpc) is 2.84. The maximum atomic E-state index is 12.8. The smallest absolute Gasteiger partial charge is 0.343 e. The Bertz CT molecular complexity index is 654. The van der Waals surface area contributed by atoms with E-state index in [1.165, 1.54) is 17.4 Å². The highest BCUT2D eigenvalue weighted by Gasteiger charge is 2.37. The number of rotatable bonds is 3. The van der Waals surface area contributed by atoms with Gasteiger partial charge in [0.1, 0.15) is 5.01 Å². The molecule has 2 heterocycles. The summed E-state index contributed by atoms with van der Waals surface area (Å²) in [7, 11) is 0. The highest BCUT2D eigenvalue weighted by atomic mass is 32.1. The number of nitrogens with zero attached hydrogens (tertiary/aromatic N) is 2. The zero-order chi connectivity index (χ0) is 15.6. The summed E-state index contributed by atoms with van der Waals surface area (Å²) in [6.45, 7) is 3.53. The molecule has 0 bridgehead atoms. The first-order chi connectivity index (χ1) is 9.79. The van der Waals surface area contributed by atoms with Crippen LogP contribution in [0.5, 0.6) is 0 Å². The molecule has 112 valence electrons. The van der Waals surface area contributed by atoms with Crippen molar-refractivity contribution in [2.45, 2.75) is 26.1 Å². The first-order valence-corrected chi connectivity index (χ1v) is 6.86. The number of carbonyl (C=O) groups excluding carboxylic acids is 1. The van der Waals surface area contributed by atoms with Crippen LogP contribution in [0, 0.1) is 6.92 Å². The van der Waals surface area contributed by atoms with Crippen LogP contribution in [0.15, 0.2) is 24.5 Å². The first-order valence-electron chi connectivity index (χ1n) is 6.04. The van der Waals surface area contributed by atoms with Crippen LogP contribution >= 0.6 is 11.3 Å². The summed E-state index contributed by atoms with van der Waals surface area (Å²) in [4.78, 5) is 20.3. The Balaban J connectivity index is 2.21. The predicted octanol–water partition coefficient (Wildman–Crippen LogP) is 3.36. The number of amides is 1. The summed E-state index contributed by atoms with van der Waals surface area (Å²) in [6, 6.07) is 1.92. The van der Waals surface area contributed by atoms with Crippen molar-refractivity contribution in [3.8, 4) is 0 Å². The number of halogens is 3. The Morgan fingerprint density at radius 2 is 2.10 bits per heavy atom. The lowest BCUT2D eigenvalue weighted by Gasteiger charge is -2.14. The lowest BCUT2D eigenvalue weighted by atomic mass is 10.1. The molecule has 0 saturated heterocycles. The summed E-state index contributed by atoms with van der Waals surface area (Å²) in [5.41, 5.74) is -1.69. The minimum Gasteiger partial charge on any atom is -0.343 e. The monoisotopic (exact) mass is 315 g/mol. The van der Waals surface area contributed by atoms with Gasteiger partial charge in [-0.15, -0.1) is 11.3 Å². The van der Waals surface area contributed by atoms with Crippen molar-refractivity contribution in [3.05, 3.63) is 45.7 Å². The molecule has 0 aliphatic heterocycles. The van der Waals surface area contributed by atoms with Gasteiger partial charge in [-0.25, -0.2) is 4.98 Å². The van der Waals surface area contributed by atoms with Gasteiger partial charge >= 0.3 is 6.18 Å². The summed E-state index contributed by atoms with van der Waals surface area (Å²) in [5, 5.41) is 3.14. The van der Waals surface area contributed by atoms with Crippen LogP contribution < -0.4 is 5.32 Å². The molecule has 0 spiro atoms. The third-order valence-corrected chi connectivity index (χ3v) is 3.77. The van der Waals surface area contributed by atoms with Crippen LogP contribution in [0.25, 0.3) is 0 Å². The van der Waals surface area contributed by atoms with E-state index in [1.807, 2.05) is 6.92 Å². The largest absolute Gasteiger partial charge is 0.434 e. The Kier molecular flexibility index (Phi) is 4.26. The Morgan fingerprint density at radius 3 is 2.67 bits per heavy atom. The highest BCUT2D eigenvalue weighted by molar-refractivity contribution is 7.11. The van der Waals surface area contributed by atoms with Gasteiger partial charge < -0.3 is 5.32 Å². The van der Waals surface area contributed by atoms with E-state index in [1.54, 1.807) is 13.1 Å². The van der Waals surface area contributed by atoms with Crippen molar-refractivity contribution in [1.29, 1.82) is 0 Å². The number of aromatic nitrogens is 2. The molecule has 0 fully saturated rings. The fraction of sp³-hybridized carbons (Fsp3) is 0.308. The molecule has 8 heteroatoms. The van der Waals surface area contributed by atoms with E-state index in [9.17, 15) is 18.0 Å². The highest BCUT2D eigenvalue weighted by Crippen LogP contribution is 2.30. The minimum atomic E-state index is -4.67. The summed E-state index contributed by atoms with van der Waals surface area (Å²) in [5.74, 6) is -0.823. The molecular weight excluding hydrogens is 303 g/mol. The number of carbonyl (C=O) groups is 1. The molecule has 2 aromatic heterocycles. The molecule has 2 rings (SSSR count). The quantitative estimate of drug-likeness (QED) is 0.945. The van der Waals surface area contributed by atoms with Gasteiger partial charge in [0.2, 0.25) is 0 Å². The lowest BCUT2D eigenvalue weighted by Crippen LogP contribution is -2.29. The minimum absolute atomic E-state index is 0.475. The van der Waals surface area contributed by atoms with E-state index in [0.717, 1.165) is 17.1 Å². The van der Waals surface area contributed by atoms with Gasteiger partial charge in [0.15, 0.2) is 5.69 Å². The SMILES string of the molecule is Cc1cnc([C@@H](C)NC(=O)c2cccnc2C(F)(F)F)s1. The second kappa shape index (κ2) is 5.80. The van der Waals surface area contributed by atoms with Gasteiger partial charge in [-0.05, 0) is 26.0 Å². The van der Waals surface area contributed by atoms with E-state index >= 15 is 0 Å². The molecule has 0 aromatic carbocycles. The van der Waals surface area contributed by atoms with Crippen molar-refractivity contribution < 1.29 is 18.0 Å². The van der Waals surface area contributed by atoms with Gasteiger partial charge in [-0.3, -0.25) is 9.78 Å². The third-order valence-electron chi connectivity index (χ3n) is 2.68. The lowest BCUT2D eigenvalue weighted by molar-refractivity contribution is -0.141. The molecular formula is C13H12F3N3OS. The van der Waals surface area contributed by atoms with Crippen LogP contribution in [-0.2, 0) is 6.18 Å². The molecule has 4 nitrogen and oxygen atoms in total. The van der Waals surface area contributed by atoms with E-state index in [4.69, 9.17) is 0 Å². The van der Waals surface area contributed by atoms with Crippen LogP contribution in [0.2, 0.25) is 0 Å². The predicted molar refractivity (Wildman–Crippen MR) is 72.0 cm³/mol. The number of pyridine rings is 1. The Hall–Kier alpha value is -1.96. The van der Waals surface area contributed by atoms with Gasteiger partial charge in [0, 0.05) is 17.3 Å². The van der Waals surface area contributed by atoms with Crippen LogP contribution in [0.4, 0.5) is 13.2 Å². The molecule has 2 aromatic rings. The molecule has 21 heavy (non-hydrogen) atoms. The molecule has 0 radical (unpaired) electrons.